The van der Waals surface area contributed by atoms with Crippen molar-refractivity contribution < 1.29 is 4.74 Å². The van der Waals surface area contributed by atoms with E-state index in [4.69, 9.17) is 4.74 Å². The maximum atomic E-state index is 5.54. The van der Waals surface area contributed by atoms with Gasteiger partial charge in [-0.1, -0.05) is 26.7 Å². The molecule has 0 heterocycles. The lowest BCUT2D eigenvalue weighted by Gasteiger charge is -2.31. The van der Waals surface area contributed by atoms with Gasteiger partial charge in [0.2, 0.25) is 0 Å². The summed E-state index contributed by atoms with van der Waals surface area (Å²) in [6, 6.07) is 1.35. The molecule has 2 aliphatic rings. The summed E-state index contributed by atoms with van der Waals surface area (Å²) in [5, 5.41) is 3.76. The van der Waals surface area contributed by atoms with Crippen LogP contribution in [0.4, 0.5) is 0 Å². The molecule has 2 heteroatoms. The summed E-state index contributed by atoms with van der Waals surface area (Å²) in [6.07, 6.45) is 7.03. The van der Waals surface area contributed by atoms with Crippen molar-refractivity contribution in [3.63, 3.8) is 0 Å². The van der Waals surface area contributed by atoms with E-state index in [2.05, 4.69) is 19.2 Å². The first-order valence-electron chi connectivity index (χ1n) is 5.92. The van der Waals surface area contributed by atoms with E-state index in [-0.39, 0.29) is 0 Å². The maximum Gasteiger partial charge on any atom is 0.0724 e. The Kier molecular flexibility index (Phi) is 2.85. The highest BCUT2D eigenvalue weighted by Crippen LogP contribution is 2.45. The third-order valence-corrected chi connectivity index (χ3v) is 3.93. The van der Waals surface area contributed by atoms with Crippen molar-refractivity contribution >= 4 is 0 Å². The fraction of sp³-hybridized carbons (Fsp3) is 1.00. The molecule has 0 aromatic rings. The molecule has 2 aliphatic carbocycles. The molecule has 1 N–H and O–H groups in total. The molecule has 2 rings (SSSR count). The quantitative estimate of drug-likeness (QED) is 0.750. The molecule has 0 aliphatic heterocycles. The Morgan fingerprint density at radius 2 is 1.86 bits per heavy atom. The van der Waals surface area contributed by atoms with Gasteiger partial charge in [0, 0.05) is 19.2 Å². The lowest BCUT2D eigenvalue weighted by molar-refractivity contribution is 0.0402. The Balaban J connectivity index is 1.83. The van der Waals surface area contributed by atoms with Crippen LogP contribution in [0.15, 0.2) is 0 Å². The fourth-order valence-electron chi connectivity index (χ4n) is 2.58. The van der Waals surface area contributed by atoms with Crippen LogP contribution in [0.3, 0.4) is 0 Å². The van der Waals surface area contributed by atoms with Gasteiger partial charge in [-0.05, 0) is 24.7 Å². The zero-order valence-corrected chi connectivity index (χ0v) is 9.68. The summed E-state index contributed by atoms with van der Waals surface area (Å²) in [7, 11) is 1.85. The average Bonchev–Trinajstić information content (AvgIpc) is 2.75. The topological polar surface area (TPSA) is 21.3 Å². The van der Waals surface area contributed by atoms with Crippen molar-refractivity contribution in [1.29, 1.82) is 0 Å². The molecule has 2 saturated carbocycles. The molecule has 0 aromatic heterocycles. The summed E-state index contributed by atoms with van der Waals surface area (Å²) in [5.41, 5.74) is 0.537. The van der Waals surface area contributed by atoms with E-state index in [0.717, 1.165) is 6.04 Å². The van der Waals surface area contributed by atoms with Gasteiger partial charge in [-0.2, -0.15) is 0 Å². The molecule has 0 bridgehead atoms. The van der Waals surface area contributed by atoms with Gasteiger partial charge in [-0.25, -0.2) is 0 Å². The van der Waals surface area contributed by atoms with E-state index >= 15 is 0 Å². The third kappa shape index (κ3) is 2.12. The lowest BCUT2D eigenvalue weighted by Crippen LogP contribution is -2.45. The predicted octanol–water partition coefficient (Wildman–Crippen LogP) is 2.33. The number of hydrogen-bond donors (Lipinski definition) is 1. The minimum atomic E-state index is 0.458. The van der Waals surface area contributed by atoms with Crippen LogP contribution in [0.2, 0.25) is 0 Å². The van der Waals surface area contributed by atoms with Crippen molar-refractivity contribution in [3.8, 4) is 0 Å². The van der Waals surface area contributed by atoms with Crippen LogP contribution < -0.4 is 5.32 Å². The summed E-state index contributed by atoms with van der Waals surface area (Å²) < 4.78 is 5.54. The maximum absolute atomic E-state index is 5.54. The molecule has 82 valence electrons. The van der Waals surface area contributed by atoms with E-state index in [1.54, 1.807) is 0 Å². The van der Waals surface area contributed by atoms with Crippen molar-refractivity contribution in [3.05, 3.63) is 0 Å². The van der Waals surface area contributed by atoms with Crippen molar-refractivity contribution in [1.82, 2.24) is 5.32 Å². The number of hydrogen-bond acceptors (Lipinski definition) is 2. The highest BCUT2D eigenvalue weighted by Gasteiger charge is 2.47. The molecular formula is C12H23NO. The standard InChI is InChI=1S/C12H23NO/c1-12(2)8-11(12)13-9-6-4-5-7-10(9)14-3/h9-11,13H,4-8H2,1-3H3. The van der Waals surface area contributed by atoms with Crippen LogP contribution in [-0.2, 0) is 4.74 Å². The Morgan fingerprint density at radius 3 is 2.43 bits per heavy atom. The summed E-state index contributed by atoms with van der Waals surface area (Å²) >= 11 is 0. The number of ether oxygens (including phenoxy) is 1. The zero-order chi connectivity index (χ0) is 10.2. The number of nitrogens with one attached hydrogen (secondary N) is 1. The second-order valence-corrected chi connectivity index (χ2v) is 5.58. The molecule has 2 nitrogen and oxygen atoms in total. The molecule has 3 atom stereocenters. The number of rotatable bonds is 3. The van der Waals surface area contributed by atoms with Gasteiger partial charge in [-0.15, -0.1) is 0 Å². The van der Waals surface area contributed by atoms with Gasteiger partial charge in [0.15, 0.2) is 0 Å². The van der Waals surface area contributed by atoms with Crippen LogP contribution >= 0.6 is 0 Å². The van der Waals surface area contributed by atoms with Crippen LogP contribution in [0.25, 0.3) is 0 Å². The first-order chi connectivity index (χ1) is 6.63. The molecule has 2 fully saturated rings. The third-order valence-electron chi connectivity index (χ3n) is 3.93. The molecule has 0 radical (unpaired) electrons. The normalized spacial score (nSPS) is 40.9. The van der Waals surface area contributed by atoms with E-state index in [1.807, 2.05) is 7.11 Å². The van der Waals surface area contributed by atoms with Crippen LogP contribution in [0.1, 0.15) is 46.0 Å². The second-order valence-electron chi connectivity index (χ2n) is 5.58. The molecule has 0 amide bonds. The highest BCUT2D eigenvalue weighted by molar-refractivity contribution is 5.03. The van der Waals surface area contributed by atoms with E-state index in [1.165, 1.54) is 32.1 Å². The van der Waals surface area contributed by atoms with Gasteiger partial charge in [0.1, 0.15) is 0 Å². The molecule has 0 saturated heterocycles. The lowest BCUT2D eigenvalue weighted by atomic mass is 9.92. The highest BCUT2D eigenvalue weighted by atomic mass is 16.5. The first-order valence-corrected chi connectivity index (χ1v) is 5.92. The molecular weight excluding hydrogens is 174 g/mol. The second kappa shape index (κ2) is 3.82. The van der Waals surface area contributed by atoms with E-state index in [0.29, 0.717) is 17.6 Å². The Morgan fingerprint density at radius 1 is 1.21 bits per heavy atom. The molecule has 3 unspecified atom stereocenters. The van der Waals surface area contributed by atoms with Gasteiger partial charge >= 0.3 is 0 Å². The number of methoxy groups -OCH3 is 1. The van der Waals surface area contributed by atoms with Crippen molar-refractivity contribution in [2.24, 2.45) is 5.41 Å². The monoisotopic (exact) mass is 197 g/mol. The van der Waals surface area contributed by atoms with E-state index in [9.17, 15) is 0 Å². The van der Waals surface area contributed by atoms with Gasteiger partial charge in [0.25, 0.3) is 0 Å². The first kappa shape index (κ1) is 10.4. The fourth-order valence-corrected chi connectivity index (χ4v) is 2.58. The van der Waals surface area contributed by atoms with Gasteiger partial charge in [0.05, 0.1) is 6.10 Å². The Hall–Kier alpha value is -0.0800. The minimum absolute atomic E-state index is 0.458. The van der Waals surface area contributed by atoms with Crippen LogP contribution in [0, 0.1) is 5.41 Å². The molecule has 14 heavy (non-hydrogen) atoms. The van der Waals surface area contributed by atoms with Gasteiger partial charge < -0.3 is 10.1 Å². The minimum Gasteiger partial charge on any atom is -0.380 e. The van der Waals surface area contributed by atoms with Crippen LogP contribution in [0.5, 0.6) is 0 Å². The summed E-state index contributed by atoms with van der Waals surface area (Å²) in [5.74, 6) is 0. The SMILES string of the molecule is COC1CCCCC1NC1CC1(C)C. The van der Waals surface area contributed by atoms with Gasteiger partial charge in [-0.3, -0.25) is 0 Å². The van der Waals surface area contributed by atoms with Crippen LogP contribution in [-0.4, -0.2) is 25.3 Å². The van der Waals surface area contributed by atoms with E-state index < -0.39 is 0 Å². The predicted molar refractivity (Wildman–Crippen MR) is 58.4 cm³/mol. The van der Waals surface area contributed by atoms with Crippen molar-refractivity contribution in [2.45, 2.75) is 64.1 Å². The summed E-state index contributed by atoms with van der Waals surface area (Å²) in [4.78, 5) is 0. The molecule has 0 spiro atoms. The average molecular weight is 197 g/mol. The Bertz CT molecular complexity index is 202. The smallest absolute Gasteiger partial charge is 0.0724 e. The molecule has 0 aromatic carbocycles. The largest absolute Gasteiger partial charge is 0.380 e. The Labute approximate surface area is 87.4 Å². The summed E-state index contributed by atoms with van der Waals surface area (Å²) in [6.45, 7) is 4.69. The van der Waals surface area contributed by atoms with Crippen molar-refractivity contribution in [2.75, 3.05) is 7.11 Å². The zero-order valence-electron chi connectivity index (χ0n) is 9.68.